The number of hydrogen-bond acceptors (Lipinski definition) is 8. The number of fused-ring (bicyclic) bond motifs is 2. The molecular weight excluding hydrogens is 386 g/mol. The topological polar surface area (TPSA) is 115 Å². The first kappa shape index (κ1) is 19.1. The minimum atomic E-state index is -0.948. The molecule has 1 aliphatic carbocycles. The second-order valence-electron chi connectivity index (χ2n) is 7.43. The predicted octanol–water partition coefficient (Wildman–Crippen LogP) is 1.14. The third-order valence-electron chi connectivity index (χ3n) is 5.78. The van der Waals surface area contributed by atoms with Crippen LogP contribution < -0.4 is 5.32 Å². The molecule has 5 rings (SSSR count). The molecule has 1 fully saturated rings. The van der Waals surface area contributed by atoms with E-state index < -0.39 is 24.5 Å². The summed E-state index contributed by atoms with van der Waals surface area (Å²) in [5, 5.41) is 23.2. The fraction of sp³-hybridized carbons (Fsp3) is 0.381. The van der Waals surface area contributed by atoms with E-state index in [9.17, 15) is 10.2 Å². The Morgan fingerprint density at radius 2 is 2.13 bits per heavy atom. The van der Waals surface area contributed by atoms with Gasteiger partial charge in [-0.15, -0.1) is 0 Å². The highest BCUT2D eigenvalue weighted by molar-refractivity contribution is 5.84. The summed E-state index contributed by atoms with van der Waals surface area (Å²) < 4.78 is 12.9. The van der Waals surface area contributed by atoms with E-state index in [0.29, 0.717) is 23.5 Å². The Morgan fingerprint density at radius 1 is 1.27 bits per heavy atom. The Morgan fingerprint density at radius 3 is 2.97 bits per heavy atom. The number of aliphatic hydroxyl groups is 2. The van der Waals surface area contributed by atoms with Gasteiger partial charge in [-0.25, -0.2) is 15.0 Å². The van der Waals surface area contributed by atoms with Crippen LogP contribution >= 0.6 is 0 Å². The van der Waals surface area contributed by atoms with Crippen LogP contribution in [0.1, 0.15) is 17.4 Å². The van der Waals surface area contributed by atoms with Gasteiger partial charge in [-0.05, 0) is 23.1 Å². The maximum atomic E-state index is 10.3. The first-order chi connectivity index (χ1) is 14.7. The summed E-state index contributed by atoms with van der Waals surface area (Å²) in [7, 11) is 1.50. The van der Waals surface area contributed by atoms with Crippen molar-refractivity contribution in [2.45, 2.75) is 31.0 Å². The monoisotopic (exact) mass is 409 g/mol. The smallest absolute Gasteiger partial charge is 0.167 e. The number of nitrogens with one attached hydrogen (secondary N) is 1. The van der Waals surface area contributed by atoms with Crippen molar-refractivity contribution in [1.29, 1.82) is 0 Å². The van der Waals surface area contributed by atoms with Gasteiger partial charge in [0.25, 0.3) is 0 Å². The van der Waals surface area contributed by atoms with Gasteiger partial charge in [0.1, 0.15) is 24.6 Å². The largest absolute Gasteiger partial charge is 0.394 e. The molecule has 1 aromatic carbocycles. The molecule has 2 aromatic heterocycles. The summed E-state index contributed by atoms with van der Waals surface area (Å²) in [4.78, 5) is 13.2. The molecule has 0 spiro atoms. The normalized spacial score (nSPS) is 25.5. The Hall–Kier alpha value is -2.85. The number of imidazole rings is 1. The first-order valence-corrected chi connectivity index (χ1v) is 9.87. The average Bonchev–Trinajstić information content (AvgIpc) is 3.47. The van der Waals surface area contributed by atoms with Gasteiger partial charge in [0.05, 0.1) is 12.9 Å². The molecule has 156 valence electrons. The SMILES string of the molecule is CO[C@@H]1[C@H](O)[C@@H](CO)O[C@H]1n1cnc2c(NCC3=CCc4ccccc43)ncnc21. The molecule has 4 atom stereocenters. The number of allylic oxidation sites excluding steroid dienone is 1. The number of methoxy groups -OCH3 is 1. The molecule has 0 unspecified atom stereocenters. The van der Waals surface area contributed by atoms with E-state index in [1.165, 1.54) is 30.1 Å². The zero-order valence-corrected chi connectivity index (χ0v) is 16.5. The number of anilines is 1. The lowest BCUT2D eigenvalue weighted by Gasteiger charge is -2.20. The zero-order chi connectivity index (χ0) is 20.7. The summed E-state index contributed by atoms with van der Waals surface area (Å²) >= 11 is 0. The van der Waals surface area contributed by atoms with Crippen molar-refractivity contribution < 1.29 is 19.7 Å². The average molecular weight is 409 g/mol. The van der Waals surface area contributed by atoms with E-state index in [0.717, 1.165) is 6.42 Å². The second kappa shape index (κ2) is 7.77. The van der Waals surface area contributed by atoms with Crippen LogP contribution in [0.15, 0.2) is 43.0 Å². The second-order valence-corrected chi connectivity index (χ2v) is 7.43. The van der Waals surface area contributed by atoms with Crippen molar-refractivity contribution in [3.05, 3.63) is 54.1 Å². The number of ether oxygens (including phenoxy) is 2. The van der Waals surface area contributed by atoms with Crippen LogP contribution in [0.5, 0.6) is 0 Å². The van der Waals surface area contributed by atoms with Gasteiger partial charge in [-0.3, -0.25) is 4.57 Å². The molecule has 1 saturated heterocycles. The van der Waals surface area contributed by atoms with Crippen molar-refractivity contribution in [2.75, 3.05) is 25.6 Å². The molecule has 0 radical (unpaired) electrons. The van der Waals surface area contributed by atoms with Gasteiger partial charge >= 0.3 is 0 Å². The number of nitrogens with zero attached hydrogens (tertiary/aromatic N) is 4. The summed E-state index contributed by atoms with van der Waals surface area (Å²) in [6, 6.07) is 8.38. The van der Waals surface area contributed by atoms with Gasteiger partial charge in [0, 0.05) is 13.7 Å². The van der Waals surface area contributed by atoms with Gasteiger partial charge in [0.15, 0.2) is 23.2 Å². The van der Waals surface area contributed by atoms with Crippen LogP contribution in [0.4, 0.5) is 5.82 Å². The van der Waals surface area contributed by atoms with Crippen LogP contribution in [0.2, 0.25) is 0 Å². The molecule has 3 aromatic rings. The number of hydrogen-bond donors (Lipinski definition) is 3. The van der Waals surface area contributed by atoms with Crippen molar-refractivity contribution in [1.82, 2.24) is 19.5 Å². The van der Waals surface area contributed by atoms with E-state index >= 15 is 0 Å². The van der Waals surface area contributed by atoms with Crippen LogP contribution in [-0.4, -0.2) is 68.3 Å². The Kier molecular flexibility index (Phi) is 4.95. The fourth-order valence-corrected chi connectivity index (χ4v) is 4.22. The highest BCUT2D eigenvalue weighted by atomic mass is 16.6. The molecule has 9 heteroatoms. The van der Waals surface area contributed by atoms with E-state index in [-0.39, 0.29) is 6.61 Å². The molecular formula is C21H23N5O4. The third kappa shape index (κ3) is 3.07. The summed E-state index contributed by atoms with van der Waals surface area (Å²) in [6.07, 6.45) is 3.25. The quantitative estimate of drug-likeness (QED) is 0.555. The Labute approximate surface area is 173 Å². The third-order valence-corrected chi connectivity index (χ3v) is 5.78. The number of aromatic nitrogens is 4. The van der Waals surface area contributed by atoms with Gasteiger partial charge in [-0.1, -0.05) is 30.3 Å². The predicted molar refractivity (Wildman–Crippen MR) is 110 cm³/mol. The summed E-state index contributed by atoms with van der Waals surface area (Å²) in [6.45, 7) is 0.324. The molecule has 30 heavy (non-hydrogen) atoms. The molecule has 0 bridgehead atoms. The fourth-order valence-electron chi connectivity index (χ4n) is 4.22. The summed E-state index contributed by atoms with van der Waals surface area (Å²) in [5.41, 5.74) is 4.97. The highest BCUT2D eigenvalue weighted by Gasteiger charge is 2.45. The van der Waals surface area contributed by atoms with Crippen molar-refractivity contribution in [3.8, 4) is 0 Å². The van der Waals surface area contributed by atoms with E-state index in [4.69, 9.17) is 9.47 Å². The van der Waals surface area contributed by atoms with Crippen molar-refractivity contribution in [2.24, 2.45) is 0 Å². The molecule has 3 heterocycles. The van der Waals surface area contributed by atoms with Gasteiger partial charge in [-0.2, -0.15) is 0 Å². The van der Waals surface area contributed by atoms with E-state index in [1.54, 1.807) is 10.9 Å². The van der Waals surface area contributed by atoms with Gasteiger partial charge < -0.3 is 25.0 Å². The molecule has 2 aliphatic rings. The number of rotatable bonds is 6. The van der Waals surface area contributed by atoms with Crippen LogP contribution in [-0.2, 0) is 15.9 Å². The molecule has 3 N–H and O–H groups in total. The zero-order valence-electron chi connectivity index (χ0n) is 16.5. The van der Waals surface area contributed by atoms with E-state index in [2.05, 4.69) is 44.5 Å². The first-order valence-electron chi connectivity index (χ1n) is 9.87. The van der Waals surface area contributed by atoms with Crippen LogP contribution in [0, 0.1) is 0 Å². The van der Waals surface area contributed by atoms with Crippen LogP contribution in [0.3, 0.4) is 0 Å². The number of aliphatic hydroxyl groups excluding tert-OH is 2. The molecule has 1 aliphatic heterocycles. The minimum Gasteiger partial charge on any atom is -0.394 e. The minimum absolute atomic E-state index is 0.303. The summed E-state index contributed by atoms with van der Waals surface area (Å²) in [5.74, 6) is 0.621. The standard InChI is InChI=1S/C21H23N5O4/c1-29-18-17(28)15(9-27)30-21(18)26-11-25-16-19(23-10-24-20(16)26)22-8-13-7-6-12-4-2-3-5-14(12)13/h2-5,7,10-11,15,17-18,21,27-28H,6,8-9H2,1H3,(H,22,23,24)/t15-,17-,18-,21-/m1/s1. The highest BCUT2D eigenvalue weighted by Crippen LogP contribution is 2.34. The lowest BCUT2D eigenvalue weighted by atomic mass is 10.1. The van der Waals surface area contributed by atoms with E-state index in [1.807, 2.05) is 6.07 Å². The molecule has 0 saturated carbocycles. The van der Waals surface area contributed by atoms with Crippen LogP contribution in [0.25, 0.3) is 16.7 Å². The lowest BCUT2D eigenvalue weighted by molar-refractivity contribution is -0.0583. The maximum absolute atomic E-state index is 10.3. The maximum Gasteiger partial charge on any atom is 0.167 e. The molecule has 0 amide bonds. The van der Waals surface area contributed by atoms with Crippen molar-refractivity contribution in [3.63, 3.8) is 0 Å². The Balaban J connectivity index is 1.41. The number of benzene rings is 1. The molecule has 9 nitrogen and oxygen atoms in total. The lowest BCUT2D eigenvalue weighted by Crippen LogP contribution is -2.34. The van der Waals surface area contributed by atoms with Crippen molar-refractivity contribution >= 4 is 22.6 Å². The Bertz CT molecular complexity index is 1100. The van der Waals surface area contributed by atoms with Gasteiger partial charge in [0.2, 0.25) is 0 Å².